The van der Waals surface area contributed by atoms with Crippen molar-refractivity contribution in [2.45, 2.75) is 11.9 Å². The maximum absolute atomic E-state index is 12.1. The lowest BCUT2D eigenvalue weighted by Crippen LogP contribution is -2.28. The lowest BCUT2D eigenvalue weighted by molar-refractivity contribution is -0.319. The number of hydrogen-bond donors (Lipinski definition) is 0. The van der Waals surface area contributed by atoms with Gasteiger partial charge >= 0.3 is 22.0 Å². The van der Waals surface area contributed by atoms with Gasteiger partial charge in [0.25, 0.3) is 0 Å². The first-order valence-corrected chi connectivity index (χ1v) is 6.79. The van der Waals surface area contributed by atoms with Gasteiger partial charge in [-0.05, 0) is 17.7 Å². The van der Waals surface area contributed by atoms with Crippen LogP contribution >= 0.6 is 0 Å². The van der Waals surface area contributed by atoms with Crippen molar-refractivity contribution < 1.29 is 43.7 Å². The van der Waals surface area contributed by atoms with E-state index in [4.69, 9.17) is 0 Å². The van der Waals surface area contributed by atoms with Crippen molar-refractivity contribution in [1.82, 2.24) is 0 Å². The van der Waals surface area contributed by atoms with Crippen LogP contribution in [0, 0.1) is 0 Å². The van der Waals surface area contributed by atoms with Crippen LogP contribution < -0.4 is 4.18 Å². The number of halogens is 6. The molecule has 0 aromatic heterocycles. The Morgan fingerprint density at radius 1 is 1.00 bits per heavy atom. The van der Waals surface area contributed by atoms with E-state index in [0.29, 0.717) is 5.56 Å². The molecule has 0 saturated carbocycles. The van der Waals surface area contributed by atoms with Crippen LogP contribution in [-0.4, -0.2) is 26.9 Å². The first kappa shape index (κ1) is 18.3. The highest BCUT2D eigenvalue weighted by Crippen LogP contribution is 2.27. The summed E-state index contributed by atoms with van der Waals surface area (Å²) in [6.07, 6.45) is -2.54. The zero-order chi connectivity index (χ0) is 17.0. The van der Waals surface area contributed by atoms with Crippen molar-refractivity contribution in [3.63, 3.8) is 0 Å². The van der Waals surface area contributed by atoms with Crippen LogP contribution in [0.5, 0.6) is 5.75 Å². The van der Waals surface area contributed by atoms with Gasteiger partial charge in [0, 0.05) is 0 Å². The zero-order valence-electron chi connectivity index (χ0n) is 10.5. The largest absolute Gasteiger partial charge is 0.534 e. The van der Waals surface area contributed by atoms with Crippen LogP contribution in [0.15, 0.2) is 30.3 Å². The molecule has 0 aliphatic rings. The molecule has 0 amide bonds. The summed E-state index contributed by atoms with van der Waals surface area (Å²) in [5.41, 5.74) is -5.25. The predicted molar refractivity (Wildman–Crippen MR) is 63.1 cm³/mol. The molecule has 124 valence electrons. The summed E-state index contributed by atoms with van der Waals surface area (Å²) in [7, 11) is -5.76. The Hall–Kier alpha value is -1.75. The molecule has 0 aliphatic heterocycles. The highest BCUT2D eigenvalue weighted by molar-refractivity contribution is 7.87. The van der Waals surface area contributed by atoms with E-state index in [2.05, 4.69) is 8.92 Å². The SMILES string of the molecule is O=S(=O)(Oc1ccc(/C=C/COC(F)(F)F)cc1)C(F)(F)F. The average molecular weight is 350 g/mol. The highest BCUT2D eigenvalue weighted by Gasteiger charge is 2.48. The molecule has 0 N–H and O–H groups in total. The molecule has 0 heterocycles. The van der Waals surface area contributed by atoms with Gasteiger partial charge in [-0.15, -0.1) is 13.2 Å². The second kappa shape index (κ2) is 6.57. The number of ether oxygens (including phenoxy) is 1. The van der Waals surface area contributed by atoms with Crippen molar-refractivity contribution >= 4 is 16.2 Å². The lowest BCUT2D eigenvalue weighted by atomic mass is 10.2. The zero-order valence-corrected chi connectivity index (χ0v) is 11.3. The Morgan fingerprint density at radius 2 is 1.55 bits per heavy atom. The second-order valence-corrected chi connectivity index (χ2v) is 5.25. The third kappa shape index (κ3) is 5.93. The fourth-order valence-corrected chi connectivity index (χ4v) is 1.59. The topological polar surface area (TPSA) is 52.6 Å². The number of alkyl halides is 6. The minimum Gasteiger partial charge on any atom is -0.376 e. The van der Waals surface area contributed by atoms with Crippen molar-refractivity contribution in [3.8, 4) is 5.75 Å². The summed E-state index contributed by atoms with van der Waals surface area (Å²) in [5.74, 6) is -0.582. The molecule has 0 bridgehead atoms. The number of hydrogen-bond acceptors (Lipinski definition) is 4. The maximum Gasteiger partial charge on any atom is 0.534 e. The quantitative estimate of drug-likeness (QED) is 0.464. The molecule has 1 aromatic rings. The maximum atomic E-state index is 12.1. The molecular formula is C11H8F6O4S. The van der Waals surface area contributed by atoms with E-state index in [1.807, 2.05) is 0 Å². The van der Waals surface area contributed by atoms with Crippen molar-refractivity contribution in [3.05, 3.63) is 35.9 Å². The summed E-state index contributed by atoms with van der Waals surface area (Å²) in [4.78, 5) is 0. The lowest BCUT2D eigenvalue weighted by Gasteiger charge is -2.09. The minimum atomic E-state index is -5.76. The molecule has 0 unspecified atom stereocenters. The third-order valence-corrected chi connectivity index (χ3v) is 3.00. The second-order valence-electron chi connectivity index (χ2n) is 3.71. The van der Waals surface area contributed by atoms with E-state index in [-0.39, 0.29) is 0 Å². The smallest absolute Gasteiger partial charge is 0.376 e. The molecule has 11 heteroatoms. The fourth-order valence-electron chi connectivity index (χ4n) is 1.14. The normalized spacial score (nSPS) is 13.5. The summed E-state index contributed by atoms with van der Waals surface area (Å²) in [6, 6.07) is 4.16. The first-order chi connectivity index (χ1) is 9.91. The van der Waals surface area contributed by atoms with Gasteiger partial charge in [-0.1, -0.05) is 24.3 Å². The van der Waals surface area contributed by atoms with E-state index < -0.39 is 34.3 Å². The van der Waals surface area contributed by atoms with Gasteiger partial charge < -0.3 is 4.18 Å². The molecule has 0 radical (unpaired) electrons. The summed E-state index contributed by atoms with van der Waals surface area (Å²) < 4.78 is 100.0. The Morgan fingerprint density at radius 3 is 2.00 bits per heavy atom. The Kier molecular flexibility index (Phi) is 5.46. The average Bonchev–Trinajstić information content (AvgIpc) is 2.33. The molecule has 0 aliphatic carbocycles. The molecule has 0 atom stereocenters. The van der Waals surface area contributed by atoms with Gasteiger partial charge in [0.05, 0.1) is 6.61 Å². The fraction of sp³-hybridized carbons (Fsp3) is 0.273. The van der Waals surface area contributed by atoms with Gasteiger partial charge in [0.1, 0.15) is 5.75 Å². The van der Waals surface area contributed by atoms with Crippen LogP contribution in [-0.2, 0) is 14.9 Å². The molecule has 0 fully saturated rings. The Balaban J connectivity index is 2.66. The van der Waals surface area contributed by atoms with Gasteiger partial charge in [0.15, 0.2) is 0 Å². The van der Waals surface area contributed by atoms with Crippen molar-refractivity contribution in [2.24, 2.45) is 0 Å². The molecule has 0 spiro atoms. The number of rotatable bonds is 5. The van der Waals surface area contributed by atoms with Gasteiger partial charge in [-0.3, -0.25) is 4.74 Å². The van der Waals surface area contributed by atoms with Crippen LogP contribution in [0.25, 0.3) is 6.08 Å². The summed E-state index contributed by atoms with van der Waals surface area (Å²) in [5, 5.41) is 0. The molecular weight excluding hydrogens is 342 g/mol. The highest BCUT2D eigenvalue weighted by atomic mass is 32.2. The van der Waals surface area contributed by atoms with Crippen LogP contribution in [0.1, 0.15) is 5.56 Å². The van der Waals surface area contributed by atoms with Crippen LogP contribution in [0.3, 0.4) is 0 Å². The van der Waals surface area contributed by atoms with E-state index >= 15 is 0 Å². The summed E-state index contributed by atoms with van der Waals surface area (Å²) in [6.45, 7) is -0.746. The summed E-state index contributed by atoms with van der Waals surface area (Å²) >= 11 is 0. The van der Waals surface area contributed by atoms with Crippen LogP contribution in [0.4, 0.5) is 26.3 Å². The minimum absolute atomic E-state index is 0.308. The van der Waals surface area contributed by atoms with E-state index in [1.165, 1.54) is 6.08 Å². The van der Waals surface area contributed by atoms with Gasteiger partial charge in [-0.2, -0.15) is 21.6 Å². The molecule has 0 saturated heterocycles. The Bertz CT molecular complexity index is 615. The van der Waals surface area contributed by atoms with Gasteiger partial charge in [-0.25, -0.2) is 0 Å². The van der Waals surface area contributed by atoms with E-state index in [9.17, 15) is 34.8 Å². The van der Waals surface area contributed by atoms with Gasteiger partial charge in [0.2, 0.25) is 0 Å². The molecule has 1 rings (SSSR count). The predicted octanol–water partition coefficient (Wildman–Crippen LogP) is 3.46. The molecule has 1 aromatic carbocycles. The first-order valence-electron chi connectivity index (χ1n) is 5.39. The van der Waals surface area contributed by atoms with Crippen molar-refractivity contribution in [2.75, 3.05) is 6.61 Å². The Labute approximate surface area is 121 Å². The number of benzene rings is 1. The molecule has 4 nitrogen and oxygen atoms in total. The standard InChI is InChI=1S/C11H8F6O4S/c12-10(13,14)20-7-1-2-8-3-5-9(6-4-8)21-22(18,19)11(15,16)17/h1-6H,7H2/b2-1+. The third-order valence-electron chi connectivity index (χ3n) is 2.02. The van der Waals surface area contributed by atoms with E-state index in [1.54, 1.807) is 0 Å². The van der Waals surface area contributed by atoms with Crippen molar-refractivity contribution in [1.29, 1.82) is 0 Å². The molecule has 22 heavy (non-hydrogen) atoms. The van der Waals surface area contributed by atoms with E-state index in [0.717, 1.165) is 30.3 Å². The monoisotopic (exact) mass is 350 g/mol. The van der Waals surface area contributed by atoms with Crippen LogP contribution in [0.2, 0.25) is 0 Å².